The van der Waals surface area contributed by atoms with Gasteiger partial charge < -0.3 is 16.0 Å². The highest BCUT2D eigenvalue weighted by atomic mass is 127. The summed E-state index contributed by atoms with van der Waals surface area (Å²) in [6.45, 7) is 11.7. The lowest BCUT2D eigenvalue weighted by Gasteiger charge is -2.23. The van der Waals surface area contributed by atoms with Crippen LogP contribution in [-0.4, -0.2) is 24.0 Å². The van der Waals surface area contributed by atoms with Crippen molar-refractivity contribution in [1.29, 1.82) is 0 Å². The molecular weight excluding hydrogens is 415 g/mol. The van der Waals surface area contributed by atoms with Gasteiger partial charge in [0.1, 0.15) is 0 Å². The van der Waals surface area contributed by atoms with Gasteiger partial charge >= 0.3 is 0 Å². The fourth-order valence-corrected chi connectivity index (χ4v) is 2.03. The molecule has 0 heterocycles. The molecule has 0 unspecified atom stereocenters. The van der Waals surface area contributed by atoms with Crippen molar-refractivity contribution in [3.05, 3.63) is 29.8 Å². The normalized spacial score (nSPS) is 11.5. The Balaban J connectivity index is 0.00000529. The van der Waals surface area contributed by atoms with E-state index in [0.29, 0.717) is 13.0 Å². The Morgan fingerprint density at radius 2 is 1.92 bits per heavy atom. The molecule has 0 aliphatic rings. The Morgan fingerprint density at radius 3 is 2.50 bits per heavy atom. The van der Waals surface area contributed by atoms with Gasteiger partial charge in [0.05, 0.1) is 6.54 Å². The van der Waals surface area contributed by atoms with Gasteiger partial charge in [-0.3, -0.25) is 4.79 Å². The van der Waals surface area contributed by atoms with Crippen LogP contribution < -0.4 is 16.0 Å². The first kappa shape index (κ1) is 22.7. The van der Waals surface area contributed by atoms with Crippen LogP contribution in [0.1, 0.15) is 53.0 Å². The lowest BCUT2D eigenvalue weighted by Crippen LogP contribution is -2.47. The van der Waals surface area contributed by atoms with E-state index in [9.17, 15) is 4.79 Å². The number of carbonyl (C=O) groups is 1. The monoisotopic (exact) mass is 446 g/mol. The van der Waals surface area contributed by atoms with Crippen molar-refractivity contribution in [2.24, 2.45) is 4.99 Å². The molecule has 0 saturated heterocycles. The molecule has 0 aliphatic carbocycles. The summed E-state index contributed by atoms with van der Waals surface area (Å²) in [5.41, 5.74) is 1.84. The number of benzene rings is 1. The van der Waals surface area contributed by atoms with Crippen LogP contribution in [0.4, 0.5) is 5.69 Å². The van der Waals surface area contributed by atoms with Crippen molar-refractivity contribution in [1.82, 2.24) is 10.6 Å². The Hall–Kier alpha value is -1.31. The maximum atomic E-state index is 11.7. The minimum atomic E-state index is -0.0447. The van der Waals surface area contributed by atoms with Crippen LogP contribution in [0, 0.1) is 0 Å². The number of nitrogens with one attached hydrogen (secondary N) is 3. The van der Waals surface area contributed by atoms with Crippen LogP contribution in [-0.2, 0) is 11.3 Å². The molecule has 136 valence electrons. The standard InChI is InChI=1S/C18H30N4O.HI/c1-6-9-16(23)21-15-11-8-10-14(12-15)13-20-17(19-7-2)22-18(3,4)5;/h8,10-12H,6-7,9,13H2,1-5H3,(H,21,23)(H2,19,20,22);1H. The largest absolute Gasteiger partial charge is 0.357 e. The zero-order valence-corrected chi connectivity index (χ0v) is 17.7. The number of hydrogen-bond acceptors (Lipinski definition) is 2. The molecule has 1 amide bonds. The van der Waals surface area contributed by atoms with E-state index >= 15 is 0 Å². The molecular formula is C18H31IN4O. The first-order valence-corrected chi connectivity index (χ1v) is 8.29. The van der Waals surface area contributed by atoms with Gasteiger partial charge in [0.2, 0.25) is 5.91 Å². The summed E-state index contributed by atoms with van der Waals surface area (Å²) in [4.78, 5) is 16.3. The quantitative estimate of drug-likeness (QED) is 0.353. The summed E-state index contributed by atoms with van der Waals surface area (Å²) in [6.07, 6.45) is 1.39. The van der Waals surface area contributed by atoms with Crippen LogP contribution in [0.25, 0.3) is 0 Å². The predicted molar refractivity (Wildman–Crippen MR) is 113 cm³/mol. The van der Waals surface area contributed by atoms with E-state index in [1.165, 1.54) is 0 Å². The van der Waals surface area contributed by atoms with E-state index < -0.39 is 0 Å². The van der Waals surface area contributed by atoms with Gasteiger partial charge in [0.25, 0.3) is 0 Å². The summed E-state index contributed by atoms with van der Waals surface area (Å²) in [5.74, 6) is 0.844. The van der Waals surface area contributed by atoms with E-state index in [-0.39, 0.29) is 35.4 Å². The number of nitrogens with zero attached hydrogens (tertiary/aromatic N) is 1. The summed E-state index contributed by atoms with van der Waals surface area (Å²) < 4.78 is 0. The molecule has 1 rings (SSSR count). The predicted octanol–water partition coefficient (Wildman–Crippen LogP) is 3.90. The smallest absolute Gasteiger partial charge is 0.224 e. The average Bonchev–Trinajstić information content (AvgIpc) is 2.44. The summed E-state index contributed by atoms with van der Waals surface area (Å²) >= 11 is 0. The maximum absolute atomic E-state index is 11.7. The number of guanidine groups is 1. The second-order valence-corrected chi connectivity index (χ2v) is 6.57. The van der Waals surface area contributed by atoms with E-state index in [2.05, 4.69) is 41.7 Å². The topological polar surface area (TPSA) is 65.5 Å². The van der Waals surface area contributed by atoms with E-state index in [1.807, 2.05) is 38.1 Å². The SMILES string of the molecule is CCCC(=O)Nc1cccc(CN=C(NCC)NC(C)(C)C)c1.I. The van der Waals surface area contributed by atoms with Gasteiger partial charge in [0.15, 0.2) is 5.96 Å². The molecule has 0 saturated carbocycles. The van der Waals surface area contributed by atoms with Gasteiger partial charge in [0, 0.05) is 24.2 Å². The zero-order valence-electron chi connectivity index (χ0n) is 15.4. The summed E-state index contributed by atoms with van der Waals surface area (Å²) in [5, 5.41) is 9.52. The third-order valence-electron chi connectivity index (χ3n) is 2.95. The van der Waals surface area contributed by atoms with E-state index in [1.54, 1.807) is 0 Å². The average molecular weight is 446 g/mol. The maximum Gasteiger partial charge on any atom is 0.224 e. The van der Waals surface area contributed by atoms with Crippen LogP contribution in [0.15, 0.2) is 29.3 Å². The fraction of sp³-hybridized carbons (Fsp3) is 0.556. The van der Waals surface area contributed by atoms with Gasteiger partial charge in [-0.2, -0.15) is 0 Å². The molecule has 0 radical (unpaired) electrons. The molecule has 24 heavy (non-hydrogen) atoms. The number of aliphatic imine (C=N–C) groups is 1. The number of hydrogen-bond donors (Lipinski definition) is 3. The van der Waals surface area contributed by atoms with E-state index in [0.717, 1.165) is 30.2 Å². The minimum Gasteiger partial charge on any atom is -0.357 e. The van der Waals surface area contributed by atoms with E-state index in [4.69, 9.17) is 0 Å². The van der Waals surface area contributed by atoms with Gasteiger partial charge in [-0.1, -0.05) is 19.1 Å². The van der Waals surface area contributed by atoms with Gasteiger partial charge in [-0.25, -0.2) is 4.99 Å². The molecule has 0 bridgehead atoms. The number of anilines is 1. The van der Waals surface area contributed by atoms with Gasteiger partial charge in [-0.05, 0) is 51.8 Å². The van der Waals surface area contributed by atoms with Gasteiger partial charge in [-0.15, -0.1) is 24.0 Å². The Bertz CT molecular complexity index is 538. The molecule has 0 aromatic heterocycles. The van der Waals surface area contributed by atoms with Crippen molar-refractivity contribution in [3.8, 4) is 0 Å². The number of carbonyl (C=O) groups excluding carboxylic acids is 1. The fourth-order valence-electron chi connectivity index (χ4n) is 2.03. The molecule has 0 fully saturated rings. The highest BCUT2D eigenvalue weighted by Gasteiger charge is 2.11. The van der Waals surface area contributed by atoms with Crippen LogP contribution >= 0.6 is 24.0 Å². The number of halogens is 1. The number of rotatable bonds is 6. The molecule has 1 aromatic carbocycles. The molecule has 0 spiro atoms. The lowest BCUT2D eigenvalue weighted by atomic mass is 10.1. The third kappa shape index (κ3) is 9.75. The zero-order chi connectivity index (χ0) is 17.3. The third-order valence-corrected chi connectivity index (χ3v) is 2.95. The lowest BCUT2D eigenvalue weighted by molar-refractivity contribution is -0.116. The highest BCUT2D eigenvalue weighted by Crippen LogP contribution is 2.12. The van der Waals surface area contributed by atoms with Crippen molar-refractivity contribution in [3.63, 3.8) is 0 Å². The molecule has 0 atom stereocenters. The Morgan fingerprint density at radius 1 is 1.21 bits per heavy atom. The first-order chi connectivity index (χ1) is 10.8. The van der Waals surface area contributed by atoms with Crippen LogP contribution in [0.2, 0.25) is 0 Å². The summed E-state index contributed by atoms with van der Waals surface area (Å²) in [6, 6.07) is 7.83. The minimum absolute atomic E-state index is 0. The van der Waals surface area contributed by atoms with Crippen molar-refractivity contribution >= 4 is 41.5 Å². The summed E-state index contributed by atoms with van der Waals surface area (Å²) in [7, 11) is 0. The van der Waals surface area contributed by atoms with Crippen molar-refractivity contribution in [2.75, 3.05) is 11.9 Å². The Kier molecular flexibility index (Phi) is 10.7. The molecule has 5 nitrogen and oxygen atoms in total. The first-order valence-electron chi connectivity index (χ1n) is 8.29. The van der Waals surface area contributed by atoms with Crippen LogP contribution in [0.3, 0.4) is 0 Å². The Labute approximate surface area is 163 Å². The second-order valence-electron chi connectivity index (χ2n) is 6.57. The second kappa shape index (κ2) is 11.3. The molecule has 6 heteroatoms. The highest BCUT2D eigenvalue weighted by molar-refractivity contribution is 14.0. The molecule has 1 aromatic rings. The van der Waals surface area contributed by atoms with Crippen LogP contribution in [0.5, 0.6) is 0 Å². The van der Waals surface area contributed by atoms with Crippen molar-refractivity contribution < 1.29 is 4.79 Å². The number of amides is 1. The molecule has 0 aliphatic heterocycles. The van der Waals surface area contributed by atoms with Crippen molar-refractivity contribution in [2.45, 2.75) is 59.5 Å². The molecule has 3 N–H and O–H groups in total.